The van der Waals surface area contributed by atoms with Crippen LogP contribution in [0, 0.1) is 11.0 Å². The van der Waals surface area contributed by atoms with Crippen molar-refractivity contribution in [1.29, 1.82) is 0 Å². The normalized spacial score (nSPS) is 27.3. The van der Waals surface area contributed by atoms with Crippen LogP contribution in [0.5, 0.6) is 0 Å². The van der Waals surface area contributed by atoms with E-state index in [0.29, 0.717) is 12.0 Å². The quantitative estimate of drug-likeness (QED) is 0.602. The second kappa shape index (κ2) is 3.38. The molecule has 70 valence electrons. The number of carbonyl (C=O) groups excluding carboxylic acids is 1. The predicted octanol–water partition coefficient (Wildman–Crippen LogP) is 2.03. The van der Waals surface area contributed by atoms with Crippen molar-refractivity contribution in [3.63, 3.8) is 0 Å². The molecule has 0 heterocycles. The van der Waals surface area contributed by atoms with Crippen molar-refractivity contribution in [2.75, 3.05) is 0 Å². The Bertz CT molecular complexity index is 320. The molecule has 2 nitrogen and oxygen atoms in total. The second-order valence-corrected chi connectivity index (χ2v) is 4.30. The van der Waals surface area contributed by atoms with Gasteiger partial charge in [-0.15, -0.1) is 0 Å². The molecule has 0 fully saturated rings. The zero-order chi connectivity index (χ0) is 10.2. The summed E-state index contributed by atoms with van der Waals surface area (Å²) in [5.41, 5.74) is 3.92. The summed E-state index contributed by atoms with van der Waals surface area (Å²) in [6.45, 7) is 5.67. The summed E-state index contributed by atoms with van der Waals surface area (Å²) in [4.78, 5) is 11.4. The maximum absolute atomic E-state index is 11.4. The second-order valence-electron chi connectivity index (χ2n) is 4.08. The molecule has 0 bridgehead atoms. The first-order valence-electron chi connectivity index (χ1n) is 4.24. The third-order valence-electron chi connectivity index (χ3n) is 2.54. The van der Waals surface area contributed by atoms with E-state index in [1.807, 2.05) is 13.8 Å². The number of Topliss-reactive ketones (excluding diaryl/α,β-unsaturated/α-hetero) is 1. The molecule has 13 heavy (non-hydrogen) atoms. The molecular formula is C10H13O2P. The number of allylic oxidation sites excluding steroid dienone is 1. The van der Waals surface area contributed by atoms with E-state index >= 15 is 0 Å². The number of hydrogen-bond acceptors (Lipinski definition) is 2. The van der Waals surface area contributed by atoms with Gasteiger partial charge in [0, 0.05) is 0 Å². The molecule has 0 radical (unpaired) electrons. The van der Waals surface area contributed by atoms with Gasteiger partial charge in [0.25, 0.3) is 0 Å². The van der Waals surface area contributed by atoms with Crippen LogP contribution in [0.3, 0.4) is 0 Å². The standard InChI is InChI=1S/C10H13O2P/c1-6-7(5-13)10(2,3)4-8(11)9(6)12/h8,11H,4H2,1-3H3. The Hall–Kier alpha value is -0.420. The average Bonchev–Trinajstić information content (AvgIpc) is 2.00. The fraction of sp³-hybridized carbons (Fsp3) is 0.600. The van der Waals surface area contributed by atoms with Crippen LogP contribution in [0.25, 0.3) is 0 Å². The van der Waals surface area contributed by atoms with Gasteiger partial charge in [0.1, 0.15) is 0 Å². The summed E-state index contributed by atoms with van der Waals surface area (Å²) < 4.78 is 0. The van der Waals surface area contributed by atoms with E-state index in [1.165, 1.54) is 0 Å². The van der Waals surface area contributed by atoms with Gasteiger partial charge in [-0.05, 0) is 0 Å². The molecule has 1 atom stereocenters. The van der Waals surface area contributed by atoms with Crippen LogP contribution in [-0.2, 0) is 4.79 Å². The van der Waals surface area contributed by atoms with Gasteiger partial charge in [-0.2, -0.15) is 0 Å². The summed E-state index contributed by atoms with van der Waals surface area (Å²) in [5, 5.41) is 9.46. The van der Waals surface area contributed by atoms with E-state index in [-0.39, 0.29) is 11.2 Å². The fourth-order valence-electron chi connectivity index (χ4n) is 1.79. The van der Waals surface area contributed by atoms with Crippen molar-refractivity contribution < 1.29 is 9.90 Å². The van der Waals surface area contributed by atoms with Gasteiger partial charge in [0.05, 0.1) is 0 Å². The minimum atomic E-state index is -0.861. The first kappa shape index (κ1) is 10.7. The van der Waals surface area contributed by atoms with E-state index in [0.717, 1.165) is 5.57 Å². The van der Waals surface area contributed by atoms with Crippen molar-refractivity contribution in [2.24, 2.45) is 5.41 Å². The van der Waals surface area contributed by atoms with Crippen LogP contribution in [-0.4, -0.2) is 17.0 Å². The molecule has 0 aliphatic heterocycles. The van der Waals surface area contributed by atoms with Crippen LogP contribution in [0.4, 0.5) is 0 Å². The number of rotatable bonds is 0. The van der Waals surface area contributed by atoms with Gasteiger partial charge >= 0.3 is 79.9 Å². The molecule has 0 aromatic rings. The van der Waals surface area contributed by atoms with Gasteiger partial charge in [0.15, 0.2) is 0 Å². The van der Waals surface area contributed by atoms with Crippen molar-refractivity contribution in [2.45, 2.75) is 33.3 Å². The monoisotopic (exact) mass is 196 g/mol. The van der Waals surface area contributed by atoms with Crippen LogP contribution in [0.2, 0.25) is 0 Å². The molecule has 1 aliphatic carbocycles. The van der Waals surface area contributed by atoms with Crippen LogP contribution in [0.15, 0.2) is 11.1 Å². The first-order chi connectivity index (χ1) is 5.90. The molecular weight excluding hydrogens is 183 g/mol. The van der Waals surface area contributed by atoms with E-state index in [4.69, 9.17) is 0 Å². The van der Waals surface area contributed by atoms with E-state index in [2.05, 4.69) is 14.3 Å². The molecule has 0 aromatic heterocycles. The molecule has 0 amide bonds. The van der Waals surface area contributed by atoms with Crippen molar-refractivity contribution in [3.05, 3.63) is 11.1 Å². The molecule has 0 saturated carbocycles. The van der Waals surface area contributed by atoms with Crippen molar-refractivity contribution >= 4 is 14.5 Å². The number of hydrogen-bond donors (Lipinski definition) is 1. The first-order valence-corrected chi connectivity index (χ1v) is 4.68. The molecule has 0 spiro atoms. The average molecular weight is 196 g/mol. The van der Waals surface area contributed by atoms with Gasteiger partial charge in [0.2, 0.25) is 0 Å². The Balaban J connectivity index is 3.26. The zero-order valence-corrected chi connectivity index (χ0v) is 8.98. The SMILES string of the molecule is CC1=C(C#P)C(C)(C)CC(O)C1=O. The summed E-state index contributed by atoms with van der Waals surface area (Å²) in [6, 6.07) is 0. The number of carbonyl (C=O) groups is 1. The van der Waals surface area contributed by atoms with Gasteiger partial charge in [-0.25, -0.2) is 0 Å². The Morgan fingerprint density at radius 1 is 1.62 bits per heavy atom. The van der Waals surface area contributed by atoms with Crippen LogP contribution >= 0.6 is 8.70 Å². The van der Waals surface area contributed by atoms with Gasteiger partial charge in [-0.1, -0.05) is 0 Å². The molecule has 0 saturated heterocycles. The molecule has 1 rings (SSSR count). The zero-order valence-electron chi connectivity index (χ0n) is 8.09. The topological polar surface area (TPSA) is 37.3 Å². The third kappa shape index (κ3) is 1.76. The van der Waals surface area contributed by atoms with Crippen molar-refractivity contribution in [3.8, 4) is 5.63 Å². The Morgan fingerprint density at radius 2 is 2.15 bits per heavy atom. The molecule has 1 aliphatic rings. The summed E-state index contributed by atoms with van der Waals surface area (Å²) in [6.07, 6.45) is -0.410. The van der Waals surface area contributed by atoms with E-state index < -0.39 is 6.10 Å². The Kier molecular flexibility index (Phi) is 2.77. The van der Waals surface area contributed by atoms with Crippen LogP contribution in [0.1, 0.15) is 27.2 Å². The maximum atomic E-state index is 11.4. The molecule has 1 N–H and O–H groups in total. The number of aliphatic hydroxyl groups excluding tert-OH is 1. The third-order valence-corrected chi connectivity index (χ3v) is 2.76. The Labute approximate surface area is 80.5 Å². The van der Waals surface area contributed by atoms with Gasteiger partial charge < -0.3 is 0 Å². The van der Waals surface area contributed by atoms with E-state index in [1.54, 1.807) is 6.92 Å². The van der Waals surface area contributed by atoms with Gasteiger partial charge in [-0.3, -0.25) is 0 Å². The minimum absolute atomic E-state index is 0.198. The fourth-order valence-corrected chi connectivity index (χ4v) is 2.26. The molecule has 0 aromatic carbocycles. The van der Waals surface area contributed by atoms with Crippen molar-refractivity contribution in [1.82, 2.24) is 0 Å². The summed E-state index contributed by atoms with van der Waals surface area (Å²) in [7, 11) is 3.96. The Morgan fingerprint density at radius 3 is 2.62 bits per heavy atom. The molecule has 3 heteroatoms. The predicted molar refractivity (Wildman–Crippen MR) is 52.9 cm³/mol. The van der Waals surface area contributed by atoms with E-state index in [9.17, 15) is 9.90 Å². The summed E-state index contributed by atoms with van der Waals surface area (Å²) >= 11 is 0. The summed E-state index contributed by atoms with van der Waals surface area (Å²) in [5.74, 6) is -0.198. The number of ketones is 1. The van der Waals surface area contributed by atoms with Crippen LogP contribution < -0.4 is 0 Å². The number of aliphatic hydroxyl groups is 1. The molecule has 1 unspecified atom stereocenters.